The molecule has 0 saturated carbocycles. The van der Waals surface area contributed by atoms with E-state index in [1.807, 2.05) is 0 Å². The Balaban J connectivity index is 2.93. The highest BCUT2D eigenvalue weighted by Gasteiger charge is 2.49. The molecular weight excluding hydrogens is 146 g/mol. The van der Waals surface area contributed by atoms with Crippen molar-refractivity contribution in [3.05, 3.63) is 0 Å². The van der Waals surface area contributed by atoms with Gasteiger partial charge in [0.05, 0.1) is 5.92 Å². The van der Waals surface area contributed by atoms with Crippen molar-refractivity contribution in [2.24, 2.45) is 5.92 Å². The SMILES string of the molecule is CCC1C(=O)NC(=O)C1(C)O. The molecule has 0 aromatic carbocycles. The molecule has 0 bridgehead atoms. The lowest BCUT2D eigenvalue weighted by atomic mass is 9.90. The van der Waals surface area contributed by atoms with Crippen LogP contribution in [-0.2, 0) is 9.59 Å². The summed E-state index contributed by atoms with van der Waals surface area (Å²) in [6, 6.07) is 0. The number of hydrogen-bond donors (Lipinski definition) is 2. The van der Waals surface area contributed by atoms with Gasteiger partial charge in [-0.15, -0.1) is 0 Å². The van der Waals surface area contributed by atoms with Crippen LogP contribution < -0.4 is 5.32 Å². The Hall–Kier alpha value is -0.900. The topological polar surface area (TPSA) is 66.4 Å². The van der Waals surface area contributed by atoms with Crippen LogP contribution in [0.15, 0.2) is 0 Å². The molecule has 0 radical (unpaired) electrons. The average Bonchev–Trinajstić information content (AvgIpc) is 2.04. The van der Waals surface area contributed by atoms with Crippen LogP contribution in [-0.4, -0.2) is 22.5 Å². The van der Waals surface area contributed by atoms with Gasteiger partial charge >= 0.3 is 0 Å². The minimum absolute atomic E-state index is 0.373. The lowest BCUT2D eigenvalue weighted by Gasteiger charge is -2.18. The molecule has 1 heterocycles. The molecule has 1 aliphatic heterocycles. The van der Waals surface area contributed by atoms with Crippen LogP contribution in [0.5, 0.6) is 0 Å². The van der Waals surface area contributed by atoms with E-state index in [2.05, 4.69) is 5.32 Å². The van der Waals surface area contributed by atoms with Gasteiger partial charge in [-0.05, 0) is 13.3 Å². The maximum absolute atomic E-state index is 10.9. The van der Waals surface area contributed by atoms with E-state index in [1.165, 1.54) is 6.92 Å². The van der Waals surface area contributed by atoms with Gasteiger partial charge in [0.1, 0.15) is 0 Å². The van der Waals surface area contributed by atoms with Crippen LogP contribution in [0.3, 0.4) is 0 Å². The molecule has 62 valence electrons. The van der Waals surface area contributed by atoms with Crippen molar-refractivity contribution in [3.8, 4) is 0 Å². The molecule has 1 aliphatic rings. The standard InChI is InChI=1S/C7H11NO3/c1-3-4-5(9)8-6(10)7(4,2)11/h4,11H,3H2,1-2H3,(H,8,9,10). The Morgan fingerprint density at radius 1 is 1.64 bits per heavy atom. The van der Waals surface area contributed by atoms with Crippen LogP contribution >= 0.6 is 0 Å². The first kappa shape index (κ1) is 8.20. The minimum atomic E-state index is -1.51. The van der Waals surface area contributed by atoms with Gasteiger partial charge < -0.3 is 5.11 Å². The highest BCUT2D eigenvalue weighted by Crippen LogP contribution is 2.25. The van der Waals surface area contributed by atoms with Gasteiger partial charge in [0.2, 0.25) is 5.91 Å². The Morgan fingerprint density at radius 3 is 2.36 bits per heavy atom. The number of nitrogens with one attached hydrogen (secondary N) is 1. The van der Waals surface area contributed by atoms with E-state index in [1.54, 1.807) is 6.92 Å². The van der Waals surface area contributed by atoms with Crippen LogP contribution in [0.4, 0.5) is 0 Å². The van der Waals surface area contributed by atoms with Crippen molar-refractivity contribution in [1.29, 1.82) is 0 Å². The third-order valence-electron chi connectivity index (χ3n) is 2.10. The van der Waals surface area contributed by atoms with Gasteiger partial charge in [-0.1, -0.05) is 6.92 Å². The molecule has 4 nitrogen and oxygen atoms in total. The highest BCUT2D eigenvalue weighted by atomic mass is 16.3. The zero-order chi connectivity index (χ0) is 8.65. The van der Waals surface area contributed by atoms with Gasteiger partial charge in [-0.25, -0.2) is 0 Å². The molecule has 2 N–H and O–H groups in total. The summed E-state index contributed by atoms with van der Waals surface area (Å²) in [6.45, 7) is 3.12. The maximum atomic E-state index is 10.9. The van der Waals surface area contributed by atoms with Gasteiger partial charge in [0.25, 0.3) is 5.91 Å². The van der Waals surface area contributed by atoms with Gasteiger partial charge in [-0.3, -0.25) is 14.9 Å². The van der Waals surface area contributed by atoms with E-state index in [0.29, 0.717) is 6.42 Å². The Labute approximate surface area is 64.6 Å². The van der Waals surface area contributed by atoms with E-state index in [0.717, 1.165) is 0 Å². The van der Waals surface area contributed by atoms with Gasteiger partial charge in [0.15, 0.2) is 5.60 Å². The second-order valence-electron chi connectivity index (χ2n) is 2.93. The summed E-state index contributed by atoms with van der Waals surface area (Å²) in [4.78, 5) is 21.8. The predicted octanol–water partition coefficient (Wildman–Crippen LogP) is -0.580. The summed E-state index contributed by atoms with van der Waals surface area (Å²) >= 11 is 0. The fraction of sp³-hybridized carbons (Fsp3) is 0.714. The predicted molar refractivity (Wildman–Crippen MR) is 37.6 cm³/mol. The fourth-order valence-electron chi connectivity index (χ4n) is 1.32. The second-order valence-corrected chi connectivity index (χ2v) is 2.93. The number of imide groups is 1. The molecule has 0 aromatic heterocycles. The van der Waals surface area contributed by atoms with Crippen molar-refractivity contribution in [2.45, 2.75) is 25.9 Å². The first-order valence-corrected chi connectivity index (χ1v) is 3.57. The number of amides is 2. The molecule has 2 unspecified atom stereocenters. The summed E-state index contributed by atoms with van der Waals surface area (Å²) in [7, 11) is 0. The van der Waals surface area contributed by atoms with Crippen LogP contribution in [0, 0.1) is 5.92 Å². The van der Waals surface area contributed by atoms with Crippen molar-refractivity contribution in [1.82, 2.24) is 5.32 Å². The van der Waals surface area contributed by atoms with Crippen molar-refractivity contribution < 1.29 is 14.7 Å². The van der Waals surface area contributed by atoms with Crippen molar-refractivity contribution >= 4 is 11.8 Å². The number of carbonyl (C=O) groups excluding carboxylic acids is 2. The molecule has 1 rings (SSSR count). The fourth-order valence-corrected chi connectivity index (χ4v) is 1.32. The zero-order valence-corrected chi connectivity index (χ0v) is 6.55. The summed E-state index contributed by atoms with van der Waals surface area (Å²) < 4.78 is 0. The number of hydrogen-bond acceptors (Lipinski definition) is 3. The normalized spacial score (nSPS) is 37.5. The summed E-state index contributed by atoms with van der Waals surface area (Å²) in [5, 5.41) is 11.5. The number of carbonyl (C=O) groups is 2. The lowest BCUT2D eigenvalue weighted by molar-refractivity contribution is -0.136. The molecule has 2 amide bonds. The summed E-state index contributed by atoms with van der Waals surface area (Å²) in [6.07, 6.45) is 0.477. The second kappa shape index (κ2) is 2.30. The Kier molecular flexibility index (Phi) is 1.72. The van der Waals surface area contributed by atoms with Crippen LogP contribution in [0.25, 0.3) is 0 Å². The third-order valence-corrected chi connectivity index (χ3v) is 2.10. The monoisotopic (exact) mass is 157 g/mol. The largest absolute Gasteiger partial charge is 0.379 e. The molecular formula is C7H11NO3. The highest BCUT2D eigenvalue weighted by molar-refractivity contribution is 6.08. The van der Waals surface area contributed by atoms with E-state index in [-0.39, 0.29) is 5.91 Å². The van der Waals surface area contributed by atoms with Gasteiger partial charge in [-0.2, -0.15) is 0 Å². The van der Waals surface area contributed by atoms with Crippen molar-refractivity contribution in [2.75, 3.05) is 0 Å². The lowest BCUT2D eigenvalue weighted by Crippen LogP contribution is -2.38. The van der Waals surface area contributed by atoms with Crippen LogP contribution in [0.2, 0.25) is 0 Å². The Morgan fingerprint density at radius 2 is 2.18 bits per heavy atom. The van der Waals surface area contributed by atoms with Crippen molar-refractivity contribution in [3.63, 3.8) is 0 Å². The van der Waals surface area contributed by atoms with E-state index in [9.17, 15) is 14.7 Å². The first-order valence-electron chi connectivity index (χ1n) is 3.57. The molecule has 11 heavy (non-hydrogen) atoms. The Bertz CT molecular complexity index is 210. The summed E-state index contributed by atoms with van der Waals surface area (Å²) in [5.74, 6) is -1.55. The quantitative estimate of drug-likeness (QED) is 0.500. The van der Waals surface area contributed by atoms with E-state index >= 15 is 0 Å². The third kappa shape index (κ3) is 1.03. The van der Waals surface area contributed by atoms with E-state index in [4.69, 9.17) is 0 Å². The molecule has 1 saturated heterocycles. The molecule has 2 atom stereocenters. The molecule has 0 aliphatic carbocycles. The molecule has 1 fully saturated rings. The molecule has 0 aromatic rings. The zero-order valence-electron chi connectivity index (χ0n) is 6.55. The smallest absolute Gasteiger partial charge is 0.259 e. The van der Waals surface area contributed by atoms with Gasteiger partial charge in [0, 0.05) is 0 Å². The summed E-state index contributed by atoms with van der Waals surface area (Å²) in [5.41, 5.74) is -1.51. The first-order chi connectivity index (χ1) is 5.00. The molecule has 0 spiro atoms. The minimum Gasteiger partial charge on any atom is -0.379 e. The van der Waals surface area contributed by atoms with E-state index < -0.39 is 17.4 Å². The molecule has 4 heteroatoms. The maximum Gasteiger partial charge on any atom is 0.259 e. The average molecular weight is 157 g/mol. The van der Waals surface area contributed by atoms with Crippen LogP contribution in [0.1, 0.15) is 20.3 Å². The number of aliphatic hydroxyl groups is 1. The number of rotatable bonds is 1.